The maximum absolute atomic E-state index is 9.30. The highest BCUT2D eigenvalue weighted by atomic mass is 16.5. The van der Waals surface area contributed by atoms with Crippen molar-refractivity contribution < 1.29 is 4.74 Å². The van der Waals surface area contributed by atoms with E-state index in [4.69, 9.17) is 4.74 Å². The Bertz CT molecular complexity index is 1120. The van der Waals surface area contributed by atoms with Crippen molar-refractivity contribution in [1.29, 1.82) is 5.26 Å². The summed E-state index contributed by atoms with van der Waals surface area (Å²) in [5, 5.41) is 12.2. The fourth-order valence-electron chi connectivity index (χ4n) is 3.12. The summed E-state index contributed by atoms with van der Waals surface area (Å²) < 4.78 is 7.32. The number of benzene rings is 1. The lowest BCUT2D eigenvalue weighted by molar-refractivity contribution is 0.398. The van der Waals surface area contributed by atoms with E-state index in [0.29, 0.717) is 11.6 Å². The van der Waals surface area contributed by atoms with Gasteiger partial charge < -0.3 is 9.30 Å². The molecule has 116 valence electrons. The minimum Gasteiger partial charge on any atom is -0.481 e. The van der Waals surface area contributed by atoms with Crippen LogP contribution >= 0.6 is 0 Å². The topological polar surface area (TPSA) is 63.7 Å². The normalized spacial score (nSPS) is 10.9. The van der Waals surface area contributed by atoms with Gasteiger partial charge in [-0.3, -0.25) is 0 Å². The minimum atomic E-state index is 0.439. The number of nitrogens with zero attached hydrogens (tertiary/aromatic N) is 4. The molecule has 1 aromatic carbocycles. The van der Waals surface area contributed by atoms with E-state index < -0.39 is 0 Å². The lowest BCUT2D eigenvalue weighted by atomic mass is 9.98. The standard InChI is InChI=1S/C19H14N4O/c1-23-11-16(15-8-19(24-2)22-10-18(15)23)12-4-3-5-14-13(12)6-7-21-17(14)9-20/h3-8,10-11H,1-2H3. The van der Waals surface area contributed by atoms with Crippen molar-refractivity contribution in [2.75, 3.05) is 7.11 Å². The van der Waals surface area contributed by atoms with Crippen LogP contribution in [0.3, 0.4) is 0 Å². The maximum atomic E-state index is 9.30. The van der Waals surface area contributed by atoms with Crippen LogP contribution in [0.4, 0.5) is 0 Å². The van der Waals surface area contributed by atoms with Crippen molar-refractivity contribution in [1.82, 2.24) is 14.5 Å². The first kappa shape index (κ1) is 14.2. The summed E-state index contributed by atoms with van der Waals surface area (Å²) in [6, 6.07) is 12.0. The van der Waals surface area contributed by atoms with Crippen molar-refractivity contribution >= 4 is 21.7 Å². The molecule has 0 unspecified atom stereocenters. The van der Waals surface area contributed by atoms with Crippen LogP contribution in [0, 0.1) is 11.3 Å². The van der Waals surface area contributed by atoms with Crippen LogP contribution in [0.5, 0.6) is 5.88 Å². The van der Waals surface area contributed by atoms with Gasteiger partial charge in [0.05, 0.1) is 18.8 Å². The molecule has 3 heterocycles. The van der Waals surface area contributed by atoms with Crippen LogP contribution in [0.1, 0.15) is 5.69 Å². The summed E-state index contributed by atoms with van der Waals surface area (Å²) in [6.45, 7) is 0. The Kier molecular flexibility index (Phi) is 3.17. The van der Waals surface area contributed by atoms with Crippen molar-refractivity contribution in [3.63, 3.8) is 0 Å². The number of fused-ring (bicyclic) bond motifs is 2. The third-order valence-corrected chi connectivity index (χ3v) is 4.26. The number of ether oxygens (including phenoxy) is 1. The largest absolute Gasteiger partial charge is 0.481 e. The molecule has 0 spiro atoms. The third kappa shape index (κ3) is 2.01. The number of methoxy groups -OCH3 is 1. The van der Waals surface area contributed by atoms with Gasteiger partial charge in [0, 0.05) is 41.8 Å². The van der Waals surface area contributed by atoms with Crippen molar-refractivity contribution in [2.45, 2.75) is 0 Å². The molecule has 5 heteroatoms. The van der Waals surface area contributed by atoms with Crippen molar-refractivity contribution in [3.05, 3.63) is 54.6 Å². The number of pyridine rings is 2. The van der Waals surface area contributed by atoms with Crippen molar-refractivity contribution in [3.8, 4) is 23.1 Å². The smallest absolute Gasteiger partial charge is 0.213 e. The molecule has 3 aromatic heterocycles. The molecular weight excluding hydrogens is 300 g/mol. The second-order valence-corrected chi connectivity index (χ2v) is 5.57. The molecule has 4 aromatic rings. The number of rotatable bonds is 2. The Balaban J connectivity index is 2.09. The average molecular weight is 314 g/mol. The zero-order valence-corrected chi connectivity index (χ0v) is 13.3. The highest BCUT2D eigenvalue weighted by Crippen LogP contribution is 2.36. The third-order valence-electron chi connectivity index (χ3n) is 4.26. The van der Waals surface area contributed by atoms with E-state index >= 15 is 0 Å². The summed E-state index contributed by atoms with van der Waals surface area (Å²) in [7, 11) is 3.60. The van der Waals surface area contributed by atoms with Gasteiger partial charge >= 0.3 is 0 Å². The predicted octanol–water partition coefficient (Wildman–Crippen LogP) is 3.67. The van der Waals surface area contributed by atoms with Crippen LogP contribution in [0.15, 0.2) is 48.9 Å². The van der Waals surface area contributed by atoms with Gasteiger partial charge in [0.1, 0.15) is 11.8 Å². The first-order valence-electron chi connectivity index (χ1n) is 7.50. The van der Waals surface area contributed by atoms with E-state index in [1.807, 2.05) is 42.1 Å². The molecule has 0 bridgehead atoms. The molecule has 4 rings (SSSR count). The van der Waals surface area contributed by atoms with Gasteiger partial charge in [-0.05, 0) is 17.0 Å². The molecular formula is C19H14N4O. The molecule has 0 saturated carbocycles. The average Bonchev–Trinajstić information content (AvgIpc) is 2.96. The first-order valence-corrected chi connectivity index (χ1v) is 7.50. The number of aryl methyl sites for hydroxylation is 1. The Morgan fingerprint density at radius 1 is 1.08 bits per heavy atom. The van der Waals surface area contributed by atoms with E-state index in [9.17, 15) is 5.26 Å². The lowest BCUT2D eigenvalue weighted by Crippen LogP contribution is -1.89. The van der Waals surface area contributed by atoms with Crippen molar-refractivity contribution in [2.24, 2.45) is 7.05 Å². The van der Waals surface area contributed by atoms with Crippen LogP contribution in [0.25, 0.3) is 32.8 Å². The minimum absolute atomic E-state index is 0.439. The predicted molar refractivity (Wildman–Crippen MR) is 92.7 cm³/mol. The molecule has 0 aliphatic heterocycles. The monoisotopic (exact) mass is 314 g/mol. The summed E-state index contributed by atoms with van der Waals surface area (Å²) in [5.74, 6) is 0.578. The Morgan fingerprint density at radius 2 is 1.96 bits per heavy atom. The summed E-state index contributed by atoms with van der Waals surface area (Å²) in [4.78, 5) is 8.45. The fourth-order valence-corrected chi connectivity index (χ4v) is 3.12. The molecule has 0 atom stereocenters. The van der Waals surface area contributed by atoms with Crippen LogP contribution in [-0.2, 0) is 7.05 Å². The second-order valence-electron chi connectivity index (χ2n) is 5.57. The van der Waals surface area contributed by atoms with Crippen LogP contribution < -0.4 is 4.74 Å². The van der Waals surface area contributed by atoms with Gasteiger partial charge in [-0.1, -0.05) is 18.2 Å². The van der Waals surface area contributed by atoms with E-state index in [-0.39, 0.29) is 0 Å². The molecule has 0 fully saturated rings. The van der Waals surface area contributed by atoms with Gasteiger partial charge in [0.2, 0.25) is 5.88 Å². The van der Waals surface area contributed by atoms with Gasteiger partial charge in [-0.15, -0.1) is 0 Å². The summed E-state index contributed by atoms with van der Waals surface area (Å²) >= 11 is 0. The molecule has 0 saturated heterocycles. The highest BCUT2D eigenvalue weighted by Gasteiger charge is 2.14. The van der Waals surface area contributed by atoms with Gasteiger partial charge in [0.25, 0.3) is 0 Å². The maximum Gasteiger partial charge on any atom is 0.213 e. The summed E-state index contributed by atoms with van der Waals surface area (Å²) in [5.41, 5.74) is 3.60. The Labute approximate surface area is 138 Å². The molecule has 0 aliphatic carbocycles. The fraction of sp³-hybridized carbons (Fsp3) is 0.105. The Morgan fingerprint density at radius 3 is 2.75 bits per heavy atom. The molecule has 24 heavy (non-hydrogen) atoms. The number of hydrogen-bond donors (Lipinski definition) is 0. The van der Waals surface area contributed by atoms with E-state index in [2.05, 4.69) is 28.3 Å². The van der Waals surface area contributed by atoms with Crippen LogP contribution in [-0.4, -0.2) is 21.6 Å². The molecule has 5 nitrogen and oxygen atoms in total. The van der Waals surface area contributed by atoms with Crippen LogP contribution in [0.2, 0.25) is 0 Å². The number of nitriles is 1. The van der Waals surface area contributed by atoms with Gasteiger partial charge in [0.15, 0.2) is 0 Å². The van der Waals surface area contributed by atoms with Gasteiger partial charge in [-0.2, -0.15) is 5.26 Å². The molecule has 0 amide bonds. The second kappa shape index (κ2) is 5.36. The molecule has 0 radical (unpaired) electrons. The van der Waals surface area contributed by atoms with Gasteiger partial charge in [-0.25, -0.2) is 9.97 Å². The highest BCUT2D eigenvalue weighted by molar-refractivity contribution is 6.06. The van der Waals surface area contributed by atoms with E-state index in [1.165, 1.54) is 0 Å². The number of aromatic nitrogens is 3. The zero-order valence-electron chi connectivity index (χ0n) is 13.3. The zero-order chi connectivity index (χ0) is 16.7. The summed E-state index contributed by atoms with van der Waals surface area (Å²) in [6.07, 6.45) is 5.57. The SMILES string of the molecule is COc1cc2c(-c3cccc4c(C#N)nccc34)cn(C)c2cn1. The number of hydrogen-bond acceptors (Lipinski definition) is 4. The van der Waals surface area contributed by atoms with E-state index in [0.717, 1.165) is 32.8 Å². The molecule has 0 N–H and O–H groups in total. The quantitative estimate of drug-likeness (QED) is 0.566. The lowest BCUT2D eigenvalue weighted by Gasteiger charge is -2.07. The molecule has 0 aliphatic rings. The Hall–Kier alpha value is -3.39. The first-order chi connectivity index (χ1) is 11.7. The van der Waals surface area contributed by atoms with E-state index in [1.54, 1.807) is 13.3 Å².